The summed E-state index contributed by atoms with van der Waals surface area (Å²) < 4.78 is 29.2. The molecule has 0 saturated carbocycles. The number of hydrogen-bond donors (Lipinski definition) is 0. The van der Waals surface area contributed by atoms with Crippen molar-refractivity contribution in [2.45, 2.75) is 18.7 Å². The first-order valence-corrected chi connectivity index (χ1v) is 8.87. The van der Waals surface area contributed by atoms with Gasteiger partial charge in [-0.1, -0.05) is 35.9 Å². The van der Waals surface area contributed by atoms with E-state index in [4.69, 9.17) is 0 Å². The Labute approximate surface area is 137 Å². The van der Waals surface area contributed by atoms with Gasteiger partial charge in [-0.2, -0.15) is 0 Å². The van der Waals surface area contributed by atoms with Gasteiger partial charge in [0, 0.05) is 30.6 Å². The molecule has 0 N–H and O–H groups in total. The predicted octanol–water partition coefficient (Wildman–Crippen LogP) is 3.62. The van der Waals surface area contributed by atoms with E-state index in [1.165, 1.54) is 4.31 Å². The molecule has 23 heavy (non-hydrogen) atoms. The average Bonchev–Trinajstić information content (AvgIpc) is 2.79. The van der Waals surface area contributed by atoms with Gasteiger partial charge in [0.2, 0.25) is 0 Å². The van der Waals surface area contributed by atoms with E-state index < -0.39 is 10.0 Å². The standard InChI is InChI=1S/C18H20N2O2S/c1-13-9-11-15(12-10-13)23(21,22)20(4)18-14(2)16-7-5-6-8-17(16)19(18)3/h5-12H,1-4H3. The van der Waals surface area contributed by atoms with Crippen LogP contribution in [-0.4, -0.2) is 20.0 Å². The third-order valence-corrected chi connectivity index (χ3v) is 6.06. The molecule has 4 nitrogen and oxygen atoms in total. The molecule has 0 saturated heterocycles. The van der Waals surface area contributed by atoms with Gasteiger partial charge in [-0.05, 0) is 32.0 Å². The molecule has 2 aromatic carbocycles. The van der Waals surface area contributed by atoms with Crippen molar-refractivity contribution in [2.24, 2.45) is 7.05 Å². The van der Waals surface area contributed by atoms with Crippen LogP contribution in [0.15, 0.2) is 53.4 Å². The third-order valence-electron chi connectivity index (χ3n) is 4.30. The first-order chi connectivity index (χ1) is 10.8. The van der Waals surface area contributed by atoms with Crippen molar-refractivity contribution in [1.29, 1.82) is 0 Å². The number of sulfonamides is 1. The van der Waals surface area contributed by atoms with E-state index in [1.807, 2.05) is 61.9 Å². The van der Waals surface area contributed by atoms with Crippen molar-refractivity contribution >= 4 is 26.7 Å². The summed E-state index contributed by atoms with van der Waals surface area (Å²) in [6, 6.07) is 14.9. The molecular weight excluding hydrogens is 308 g/mol. The van der Waals surface area contributed by atoms with Crippen molar-refractivity contribution < 1.29 is 8.42 Å². The number of hydrogen-bond acceptors (Lipinski definition) is 2. The number of aryl methyl sites for hydroxylation is 3. The lowest BCUT2D eigenvalue weighted by Gasteiger charge is -2.21. The molecule has 3 rings (SSSR count). The van der Waals surface area contributed by atoms with Gasteiger partial charge >= 0.3 is 0 Å². The molecule has 0 fully saturated rings. The highest BCUT2D eigenvalue weighted by Crippen LogP contribution is 2.33. The van der Waals surface area contributed by atoms with E-state index in [0.717, 1.165) is 22.0 Å². The van der Waals surface area contributed by atoms with Gasteiger partial charge in [-0.3, -0.25) is 4.31 Å². The van der Waals surface area contributed by atoms with Crippen LogP contribution in [0.1, 0.15) is 11.1 Å². The number of aromatic nitrogens is 1. The van der Waals surface area contributed by atoms with Crippen molar-refractivity contribution in [3.05, 3.63) is 59.7 Å². The number of benzene rings is 2. The molecule has 0 radical (unpaired) electrons. The summed E-state index contributed by atoms with van der Waals surface area (Å²) in [4.78, 5) is 0.301. The van der Waals surface area contributed by atoms with Gasteiger partial charge in [0.15, 0.2) is 0 Å². The van der Waals surface area contributed by atoms with Gasteiger partial charge < -0.3 is 4.57 Å². The summed E-state index contributed by atoms with van der Waals surface area (Å²) in [7, 11) is -0.0867. The van der Waals surface area contributed by atoms with Gasteiger partial charge in [0.1, 0.15) is 5.82 Å². The molecule has 1 aromatic heterocycles. The lowest BCUT2D eigenvalue weighted by molar-refractivity contribution is 0.593. The summed E-state index contributed by atoms with van der Waals surface area (Å²) >= 11 is 0. The van der Waals surface area contributed by atoms with Crippen LogP contribution in [0.4, 0.5) is 5.82 Å². The Bertz CT molecular complexity index is 931. The fourth-order valence-electron chi connectivity index (χ4n) is 3.00. The number of fused-ring (bicyclic) bond motifs is 1. The van der Waals surface area contributed by atoms with Crippen molar-refractivity contribution in [3.8, 4) is 0 Å². The summed E-state index contributed by atoms with van der Waals surface area (Å²) in [5, 5.41) is 1.07. The summed E-state index contributed by atoms with van der Waals surface area (Å²) in [5.41, 5.74) is 3.01. The van der Waals surface area contributed by atoms with Crippen LogP contribution in [0.5, 0.6) is 0 Å². The molecule has 0 atom stereocenters. The molecule has 0 aliphatic rings. The Kier molecular flexibility index (Phi) is 3.68. The predicted molar refractivity (Wildman–Crippen MR) is 94.4 cm³/mol. The van der Waals surface area contributed by atoms with Crippen LogP contribution in [0.3, 0.4) is 0 Å². The molecular formula is C18H20N2O2S. The van der Waals surface area contributed by atoms with Crippen LogP contribution in [0.2, 0.25) is 0 Å². The number of nitrogens with zero attached hydrogens (tertiary/aromatic N) is 2. The maximum atomic E-state index is 12.9. The molecule has 3 aromatic rings. The lowest BCUT2D eigenvalue weighted by atomic mass is 10.2. The van der Waals surface area contributed by atoms with Crippen LogP contribution in [0.25, 0.3) is 10.9 Å². The summed E-state index contributed by atoms with van der Waals surface area (Å²) in [5.74, 6) is 0.687. The highest BCUT2D eigenvalue weighted by atomic mass is 32.2. The Morgan fingerprint density at radius 1 is 0.957 bits per heavy atom. The van der Waals surface area contributed by atoms with Crippen molar-refractivity contribution in [1.82, 2.24) is 4.57 Å². The second-order valence-corrected chi connectivity index (χ2v) is 7.78. The average molecular weight is 328 g/mol. The number of para-hydroxylation sites is 1. The largest absolute Gasteiger partial charge is 0.330 e. The number of anilines is 1. The topological polar surface area (TPSA) is 42.3 Å². The zero-order chi connectivity index (χ0) is 16.8. The van der Waals surface area contributed by atoms with Crippen molar-refractivity contribution in [3.63, 3.8) is 0 Å². The Balaban J connectivity index is 2.17. The minimum Gasteiger partial charge on any atom is -0.330 e. The van der Waals surface area contributed by atoms with Gasteiger partial charge in [-0.25, -0.2) is 8.42 Å². The quantitative estimate of drug-likeness (QED) is 0.737. The molecule has 5 heteroatoms. The highest BCUT2D eigenvalue weighted by Gasteiger charge is 2.26. The zero-order valence-corrected chi connectivity index (χ0v) is 14.6. The third kappa shape index (κ3) is 2.41. The zero-order valence-electron chi connectivity index (χ0n) is 13.7. The second-order valence-electron chi connectivity index (χ2n) is 5.81. The van der Waals surface area contributed by atoms with Crippen LogP contribution >= 0.6 is 0 Å². The first kappa shape index (κ1) is 15.6. The minimum atomic E-state index is -3.59. The molecule has 0 unspecified atom stereocenters. The summed E-state index contributed by atoms with van der Waals surface area (Å²) in [6.07, 6.45) is 0. The first-order valence-electron chi connectivity index (χ1n) is 7.43. The summed E-state index contributed by atoms with van der Waals surface area (Å²) in [6.45, 7) is 3.90. The molecule has 120 valence electrons. The minimum absolute atomic E-state index is 0.301. The maximum absolute atomic E-state index is 12.9. The molecule has 0 spiro atoms. The van der Waals surface area contributed by atoms with Crippen molar-refractivity contribution in [2.75, 3.05) is 11.4 Å². The SMILES string of the molecule is Cc1ccc(S(=O)(=O)N(C)c2c(C)c3ccccc3n2C)cc1. The number of rotatable bonds is 3. The monoisotopic (exact) mass is 328 g/mol. The van der Waals surface area contributed by atoms with E-state index in [2.05, 4.69) is 0 Å². The highest BCUT2D eigenvalue weighted by molar-refractivity contribution is 7.92. The molecule has 0 aliphatic heterocycles. The Hall–Kier alpha value is -2.27. The fraction of sp³-hybridized carbons (Fsp3) is 0.222. The van der Waals surface area contributed by atoms with E-state index in [9.17, 15) is 8.42 Å². The van der Waals surface area contributed by atoms with E-state index in [1.54, 1.807) is 19.2 Å². The van der Waals surface area contributed by atoms with Gasteiger partial charge in [-0.15, -0.1) is 0 Å². The fourth-order valence-corrected chi connectivity index (χ4v) is 4.28. The van der Waals surface area contributed by atoms with Crippen LogP contribution in [-0.2, 0) is 17.1 Å². The molecule has 1 heterocycles. The Morgan fingerprint density at radius 2 is 1.57 bits per heavy atom. The molecule has 0 bridgehead atoms. The normalized spacial score (nSPS) is 11.8. The lowest BCUT2D eigenvalue weighted by Crippen LogP contribution is -2.28. The smallest absolute Gasteiger partial charge is 0.265 e. The Morgan fingerprint density at radius 3 is 2.17 bits per heavy atom. The van der Waals surface area contributed by atoms with Gasteiger partial charge in [0.05, 0.1) is 4.90 Å². The van der Waals surface area contributed by atoms with Crippen LogP contribution in [0, 0.1) is 13.8 Å². The molecule has 0 amide bonds. The van der Waals surface area contributed by atoms with Gasteiger partial charge in [0.25, 0.3) is 10.0 Å². The van der Waals surface area contributed by atoms with E-state index >= 15 is 0 Å². The van der Waals surface area contributed by atoms with E-state index in [-0.39, 0.29) is 0 Å². The molecule has 0 aliphatic carbocycles. The second kappa shape index (κ2) is 5.42. The van der Waals surface area contributed by atoms with Crippen LogP contribution < -0.4 is 4.31 Å². The maximum Gasteiger partial charge on any atom is 0.265 e. The van der Waals surface area contributed by atoms with E-state index in [0.29, 0.717) is 10.7 Å².